The lowest BCUT2D eigenvalue weighted by Gasteiger charge is -2.23. The number of rotatable bonds is 5. The summed E-state index contributed by atoms with van der Waals surface area (Å²) in [6.07, 6.45) is 1.82. The van der Waals surface area contributed by atoms with Crippen LogP contribution in [0.3, 0.4) is 0 Å². The minimum absolute atomic E-state index is 0.0937. The molecule has 3 aromatic heterocycles. The number of benzene rings is 2. The number of thiazole rings is 1. The van der Waals surface area contributed by atoms with Gasteiger partial charge in [0.1, 0.15) is 11.3 Å². The monoisotopic (exact) mass is 574 g/mol. The number of ether oxygens (including phenoxy) is 1. The molecule has 2 N–H and O–H groups in total. The van der Waals surface area contributed by atoms with Crippen LogP contribution in [-0.2, 0) is 9.59 Å². The molecule has 40 heavy (non-hydrogen) atoms. The number of nitrogens with zero attached hydrogens (tertiary/aromatic N) is 4. The van der Waals surface area contributed by atoms with Crippen LogP contribution in [-0.4, -0.2) is 42.9 Å². The van der Waals surface area contributed by atoms with Crippen molar-refractivity contribution in [3.8, 4) is 11.5 Å². The predicted octanol–water partition coefficient (Wildman–Crippen LogP) is 5.94. The molecule has 1 amide bonds. The summed E-state index contributed by atoms with van der Waals surface area (Å²) in [7, 11) is 0. The molecule has 11 heteroatoms. The number of anilines is 1. The van der Waals surface area contributed by atoms with Gasteiger partial charge in [0.25, 0.3) is 5.78 Å². The van der Waals surface area contributed by atoms with Gasteiger partial charge in [0.05, 0.1) is 34.1 Å². The van der Waals surface area contributed by atoms with Crippen molar-refractivity contribution in [2.75, 3.05) is 11.5 Å². The Morgan fingerprint density at radius 2 is 1.93 bits per heavy atom. The fourth-order valence-corrected chi connectivity index (χ4v) is 6.25. The first-order chi connectivity index (χ1) is 19.2. The number of hydrogen-bond donors (Lipinski definition) is 2. The van der Waals surface area contributed by atoms with Gasteiger partial charge in [0.2, 0.25) is 0 Å². The first kappa shape index (κ1) is 25.8. The predicted molar refractivity (Wildman–Crippen MR) is 153 cm³/mol. The number of Topliss-reactive ketones (excluding diaryl/α,β-unsaturated/α-hetero) is 1. The number of amides is 1. The molecular formula is C29H23ClN4O5S. The third kappa shape index (κ3) is 3.99. The second-order valence-electron chi connectivity index (χ2n) is 9.37. The van der Waals surface area contributed by atoms with Crippen molar-refractivity contribution < 1.29 is 24.5 Å². The third-order valence-electron chi connectivity index (χ3n) is 6.90. The largest absolute Gasteiger partial charge is 0.505 e. The summed E-state index contributed by atoms with van der Waals surface area (Å²) in [5.41, 5.74) is 3.22. The van der Waals surface area contributed by atoms with Crippen LogP contribution in [0.4, 0.5) is 5.13 Å². The Kier molecular flexibility index (Phi) is 6.24. The number of aliphatic hydroxyl groups is 1. The van der Waals surface area contributed by atoms with E-state index in [1.807, 2.05) is 29.7 Å². The van der Waals surface area contributed by atoms with E-state index in [9.17, 15) is 19.8 Å². The lowest BCUT2D eigenvalue weighted by molar-refractivity contribution is -0.132. The summed E-state index contributed by atoms with van der Waals surface area (Å²) in [6, 6.07) is 12.4. The molecule has 1 saturated heterocycles. The molecule has 1 aliphatic rings. The maximum Gasteiger partial charge on any atom is 0.301 e. The maximum atomic E-state index is 13.7. The average molecular weight is 575 g/mol. The Labute approximate surface area is 237 Å². The van der Waals surface area contributed by atoms with E-state index in [0.717, 1.165) is 10.3 Å². The van der Waals surface area contributed by atoms with E-state index in [2.05, 4.69) is 9.97 Å². The number of aromatic nitrogens is 3. The number of aromatic hydroxyl groups is 1. The second kappa shape index (κ2) is 9.65. The Balaban J connectivity index is 1.61. The topological polar surface area (TPSA) is 117 Å². The zero-order valence-electron chi connectivity index (χ0n) is 21.7. The minimum Gasteiger partial charge on any atom is -0.505 e. The first-order valence-electron chi connectivity index (χ1n) is 12.5. The SMILES string of the molecule is CCOc1cc(C2/C(=C(\O)c3nc4c(C)cccn4c3C)C(=O)C(=O)N2c2nc3ccc(Cl)cc3s2)ccc1O. The summed E-state index contributed by atoms with van der Waals surface area (Å²) in [6.45, 7) is 5.74. The molecule has 5 aromatic rings. The Bertz CT molecular complexity index is 1890. The molecular weight excluding hydrogens is 552 g/mol. The van der Waals surface area contributed by atoms with Gasteiger partial charge in [-0.05, 0) is 68.3 Å². The van der Waals surface area contributed by atoms with Crippen LogP contribution in [0.1, 0.15) is 35.5 Å². The summed E-state index contributed by atoms with van der Waals surface area (Å²) >= 11 is 7.38. The molecule has 0 bridgehead atoms. The van der Waals surface area contributed by atoms with E-state index < -0.39 is 23.5 Å². The molecule has 0 radical (unpaired) electrons. The van der Waals surface area contributed by atoms with Crippen molar-refractivity contribution in [1.29, 1.82) is 0 Å². The second-order valence-corrected chi connectivity index (χ2v) is 10.8. The molecule has 0 spiro atoms. The van der Waals surface area contributed by atoms with Crippen molar-refractivity contribution in [3.63, 3.8) is 0 Å². The highest BCUT2D eigenvalue weighted by atomic mass is 35.5. The summed E-state index contributed by atoms with van der Waals surface area (Å²) in [4.78, 5) is 37.8. The van der Waals surface area contributed by atoms with Gasteiger partial charge in [-0.25, -0.2) is 9.97 Å². The number of aryl methyl sites for hydroxylation is 2. The molecule has 1 fully saturated rings. The number of phenolic OH excluding ortho intramolecular Hbond substituents is 1. The van der Waals surface area contributed by atoms with Gasteiger partial charge in [-0.1, -0.05) is 35.1 Å². The quantitative estimate of drug-likeness (QED) is 0.151. The van der Waals surface area contributed by atoms with Crippen LogP contribution in [0.5, 0.6) is 11.5 Å². The van der Waals surface area contributed by atoms with E-state index >= 15 is 0 Å². The van der Waals surface area contributed by atoms with Crippen LogP contribution < -0.4 is 9.64 Å². The molecule has 1 unspecified atom stereocenters. The number of hydrogen-bond acceptors (Lipinski definition) is 8. The molecule has 1 aliphatic heterocycles. The summed E-state index contributed by atoms with van der Waals surface area (Å²) in [5, 5.41) is 22.8. The number of ketones is 1. The molecule has 2 aromatic carbocycles. The molecule has 0 aliphatic carbocycles. The van der Waals surface area contributed by atoms with Gasteiger partial charge >= 0.3 is 5.91 Å². The van der Waals surface area contributed by atoms with Crippen molar-refractivity contribution in [2.24, 2.45) is 0 Å². The van der Waals surface area contributed by atoms with Crippen LogP contribution in [0.15, 0.2) is 60.3 Å². The van der Waals surface area contributed by atoms with E-state index in [1.54, 1.807) is 44.2 Å². The number of carbonyl (C=O) groups is 2. The van der Waals surface area contributed by atoms with Crippen LogP contribution in [0, 0.1) is 13.8 Å². The van der Waals surface area contributed by atoms with Gasteiger partial charge < -0.3 is 19.4 Å². The van der Waals surface area contributed by atoms with Gasteiger partial charge in [0, 0.05) is 11.2 Å². The highest BCUT2D eigenvalue weighted by Crippen LogP contribution is 2.46. The Morgan fingerprint density at radius 1 is 1.12 bits per heavy atom. The van der Waals surface area contributed by atoms with Gasteiger partial charge in [-0.15, -0.1) is 0 Å². The number of fused-ring (bicyclic) bond motifs is 2. The molecule has 9 nitrogen and oxygen atoms in total. The number of carbonyl (C=O) groups excluding carboxylic acids is 2. The van der Waals surface area contributed by atoms with Crippen molar-refractivity contribution in [3.05, 3.63) is 87.8 Å². The smallest absolute Gasteiger partial charge is 0.301 e. The van der Waals surface area contributed by atoms with E-state index in [0.29, 0.717) is 27.4 Å². The molecule has 4 heterocycles. The lowest BCUT2D eigenvalue weighted by atomic mass is 9.96. The van der Waals surface area contributed by atoms with E-state index in [1.165, 1.54) is 22.3 Å². The zero-order chi connectivity index (χ0) is 28.3. The standard InChI is InChI=1S/C29H23ClN4O5S/c1-4-39-20-12-16(7-10-19(20)35)24-22(25(36)23-15(3)33-11-5-6-14(2)27(33)32-23)26(37)28(38)34(24)29-31-18-9-8-17(30)13-21(18)40-29/h5-13,24,35-36H,4H2,1-3H3/b25-22+. The van der Waals surface area contributed by atoms with Crippen LogP contribution >= 0.6 is 22.9 Å². The molecule has 202 valence electrons. The highest BCUT2D eigenvalue weighted by Gasteiger charge is 2.49. The van der Waals surface area contributed by atoms with Crippen molar-refractivity contribution >= 4 is 61.4 Å². The normalized spacial score (nSPS) is 16.9. The number of phenols is 1. The van der Waals surface area contributed by atoms with Crippen LogP contribution in [0.25, 0.3) is 21.6 Å². The molecule has 6 rings (SSSR count). The Hall–Kier alpha value is -4.41. The third-order valence-corrected chi connectivity index (χ3v) is 8.15. The van der Waals surface area contributed by atoms with Gasteiger partial charge in [0.15, 0.2) is 22.4 Å². The molecule has 1 atom stereocenters. The fourth-order valence-electron chi connectivity index (χ4n) is 4.98. The van der Waals surface area contributed by atoms with Gasteiger partial charge in [-0.2, -0.15) is 0 Å². The van der Waals surface area contributed by atoms with Crippen molar-refractivity contribution in [2.45, 2.75) is 26.8 Å². The number of aliphatic hydroxyl groups excluding tert-OH is 1. The summed E-state index contributed by atoms with van der Waals surface area (Å²) in [5.74, 6) is -2.04. The lowest BCUT2D eigenvalue weighted by Crippen LogP contribution is -2.29. The Morgan fingerprint density at radius 3 is 2.67 bits per heavy atom. The molecule has 0 saturated carbocycles. The number of imidazole rings is 1. The van der Waals surface area contributed by atoms with Crippen LogP contribution in [0.2, 0.25) is 5.02 Å². The summed E-state index contributed by atoms with van der Waals surface area (Å²) < 4.78 is 8.14. The van der Waals surface area contributed by atoms with E-state index in [4.69, 9.17) is 16.3 Å². The zero-order valence-corrected chi connectivity index (χ0v) is 23.2. The number of halogens is 1. The minimum atomic E-state index is -1.07. The van der Waals surface area contributed by atoms with E-state index in [-0.39, 0.29) is 34.5 Å². The first-order valence-corrected chi connectivity index (χ1v) is 13.7. The number of pyridine rings is 1. The average Bonchev–Trinajstić information content (AvgIpc) is 3.57. The highest BCUT2D eigenvalue weighted by molar-refractivity contribution is 7.22. The van der Waals surface area contributed by atoms with Crippen molar-refractivity contribution in [1.82, 2.24) is 14.4 Å². The fraction of sp³-hybridized carbons (Fsp3) is 0.172. The maximum absolute atomic E-state index is 13.7. The van der Waals surface area contributed by atoms with Gasteiger partial charge in [-0.3, -0.25) is 14.5 Å².